The molecule has 7 nitrogen and oxygen atoms in total. The predicted molar refractivity (Wildman–Crippen MR) is 76.1 cm³/mol. The Balaban J connectivity index is 3.20. The second-order valence-corrected chi connectivity index (χ2v) is 6.87. The molecule has 0 aliphatic rings. The smallest absolute Gasteiger partial charge is 0.339 e. The fourth-order valence-electron chi connectivity index (χ4n) is 1.47. The molecule has 21 heavy (non-hydrogen) atoms. The molecular formula is C13H18N2O5S. The Morgan fingerprint density at radius 1 is 1.29 bits per heavy atom. The molecule has 1 atom stereocenters. The normalized spacial score (nSPS) is 13.0. The number of carbonyl (C=O) groups is 2. The van der Waals surface area contributed by atoms with E-state index in [1.165, 1.54) is 39.2 Å². The molecule has 0 aromatic heterocycles. The van der Waals surface area contributed by atoms with E-state index in [9.17, 15) is 18.0 Å². The second-order valence-electron chi connectivity index (χ2n) is 4.71. The van der Waals surface area contributed by atoms with Crippen LogP contribution in [0.2, 0.25) is 0 Å². The van der Waals surface area contributed by atoms with Gasteiger partial charge in [-0.3, -0.25) is 4.79 Å². The maximum Gasteiger partial charge on any atom is 0.339 e. The molecule has 0 bridgehead atoms. The number of rotatable bonds is 5. The van der Waals surface area contributed by atoms with E-state index in [2.05, 4.69) is 0 Å². The van der Waals surface area contributed by atoms with E-state index in [1.54, 1.807) is 6.92 Å². The van der Waals surface area contributed by atoms with E-state index < -0.39 is 28.0 Å². The first-order valence-electron chi connectivity index (χ1n) is 6.11. The van der Waals surface area contributed by atoms with Crippen LogP contribution >= 0.6 is 0 Å². The third-order valence-corrected chi connectivity index (χ3v) is 4.70. The van der Waals surface area contributed by atoms with E-state index in [0.29, 0.717) is 5.56 Å². The summed E-state index contributed by atoms with van der Waals surface area (Å²) in [6.07, 6.45) is -1.09. The Labute approximate surface area is 123 Å². The SMILES string of the molecule is Cc1ccc(S(=O)(=O)N(C)C)cc1C(=O)O[C@H](C)C(N)=O. The minimum Gasteiger partial charge on any atom is -0.449 e. The number of aryl methyl sites for hydroxylation is 1. The van der Waals surface area contributed by atoms with Gasteiger partial charge in [-0.15, -0.1) is 0 Å². The molecular weight excluding hydrogens is 296 g/mol. The van der Waals surface area contributed by atoms with Crippen LogP contribution in [0.25, 0.3) is 0 Å². The largest absolute Gasteiger partial charge is 0.449 e. The van der Waals surface area contributed by atoms with Crippen LogP contribution in [-0.2, 0) is 19.6 Å². The number of sulfonamides is 1. The molecule has 0 aliphatic heterocycles. The lowest BCUT2D eigenvalue weighted by atomic mass is 10.1. The Hall–Kier alpha value is -1.93. The maximum absolute atomic E-state index is 12.0. The van der Waals surface area contributed by atoms with Crippen LogP contribution in [0.3, 0.4) is 0 Å². The molecule has 0 spiro atoms. The maximum atomic E-state index is 12.0. The van der Waals surface area contributed by atoms with Gasteiger partial charge in [-0.1, -0.05) is 6.07 Å². The standard InChI is InChI=1S/C13H18N2O5S/c1-8-5-6-10(21(18,19)15(3)4)7-11(8)13(17)20-9(2)12(14)16/h5-7,9H,1-4H3,(H2,14,16)/t9-/m1/s1. The number of amides is 1. The molecule has 0 saturated heterocycles. The molecule has 1 aromatic rings. The van der Waals surface area contributed by atoms with Crippen molar-refractivity contribution in [3.05, 3.63) is 29.3 Å². The van der Waals surface area contributed by atoms with E-state index in [0.717, 1.165) is 4.31 Å². The lowest BCUT2D eigenvalue weighted by Gasteiger charge is -2.14. The Kier molecular flexibility index (Phi) is 5.08. The first-order chi connectivity index (χ1) is 9.57. The van der Waals surface area contributed by atoms with Crippen LogP contribution in [0.4, 0.5) is 0 Å². The zero-order valence-electron chi connectivity index (χ0n) is 12.3. The van der Waals surface area contributed by atoms with E-state index in [1.807, 2.05) is 0 Å². The van der Waals surface area contributed by atoms with Crippen molar-refractivity contribution in [2.75, 3.05) is 14.1 Å². The number of hydrogen-bond acceptors (Lipinski definition) is 5. The van der Waals surface area contributed by atoms with Gasteiger partial charge < -0.3 is 10.5 Å². The third-order valence-electron chi connectivity index (χ3n) is 2.89. The Morgan fingerprint density at radius 2 is 1.86 bits per heavy atom. The molecule has 1 aromatic carbocycles. The van der Waals surface area contributed by atoms with Gasteiger partial charge in [0.1, 0.15) is 0 Å². The van der Waals surface area contributed by atoms with Crippen molar-refractivity contribution in [3.8, 4) is 0 Å². The van der Waals surface area contributed by atoms with Crippen molar-refractivity contribution in [1.29, 1.82) is 0 Å². The Morgan fingerprint density at radius 3 is 2.33 bits per heavy atom. The van der Waals surface area contributed by atoms with E-state index >= 15 is 0 Å². The molecule has 0 unspecified atom stereocenters. The summed E-state index contributed by atoms with van der Waals surface area (Å²) in [7, 11) is -0.878. The van der Waals surface area contributed by atoms with Gasteiger partial charge in [0.05, 0.1) is 10.5 Å². The fourth-order valence-corrected chi connectivity index (χ4v) is 2.40. The number of primary amides is 1. The van der Waals surface area contributed by atoms with Gasteiger partial charge in [0.2, 0.25) is 10.0 Å². The molecule has 0 saturated carbocycles. The molecule has 0 aliphatic carbocycles. The average Bonchev–Trinajstić information content (AvgIpc) is 2.38. The van der Waals surface area contributed by atoms with Gasteiger partial charge >= 0.3 is 5.97 Å². The number of nitrogens with zero attached hydrogens (tertiary/aromatic N) is 1. The van der Waals surface area contributed by atoms with Crippen molar-refractivity contribution in [3.63, 3.8) is 0 Å². The summed E-state index contributed by atoms with van der Waals surface area (Å²) in [6, 6.07) is 4.13. The van der Waals surface area contributed by atoms with Crippen molar-refractivity contribution in [2.45, 2.75) is 24.8 Å². The van der Waals surface area contributed by atoms with Crippen LogP contribution in [-0.4, -0.2) is 44.8 Å². The molecule has 0 fully saturated rings. The van der Waals surface area contributed by atoms with Gasteiger partial charge in [0.25, 0.3) is 5.91 Å². The zero-order valence-corrected chi connectivity index (χ0v) is 13.1. The topological polar surface area (TPSA) is 107 Å². The fraction of sp³-hybridized carbons (Fsp3) is 0.385. The molecule has 116 valence electrons. The predicted octanol–water partition coefficient (Wildman–Crippen LogP) is 0.276. The Bertz CT molecular complexity index is 667. The monoisotopic (exact) mass is 314 g/mol. The van der Waals surface area contributed by atoms with Crippen molar-refractivity contribution >= 4 is 21.9 Å². The molecule has 2 N–H and O–H groups in total. The van der Waals surface area contributed by atoms with Gasteiger partial charge in [-0.2, -0.15) is 0 Å². The number of esters is 1. The number of hydrogen-bond donors (Lipinski definition) is 1. The highest BCUT2D eigenvalue weighted by Gasteiger charge is 2.22. The third kappa shape index (κ3) is 3.79. The number of ether oxygens (including phenoxy) is 1. The summed E-state index contributed by atoms with van der Waals surface area (Å²) in [5, 5.41) is 0. The number of nitrogens with two attached hydrogens (primary N) is 1. The summed E-state index contributed by atoms with van der Waals surface area (Å²) in [5.74, 6) is -1.58. The summed E-state index contributed by atoms with van der Waals surface area (Å²) in [5.41, 5.74) is 5.63. The first kappa shape index (κ1) is 17.1. The highest BCUT2D eigenvalue weighted by molar-refractivity contribution is 7.89. The van der Waals surface area contributed by atoms with Crippen LogP contribution in [0.5, 0.6) is 0 Å². The van der Waals surface area contributed by atoms with E-state index in [4.69, 9.17) is 10.5 Å². The lowest BCUT2D eigenvalue weighted by molar-refractivity contribution is -0.125. The number of benzene rings is 1. The molecule has 8 heteroatoms. The van der Waals surface area contributed by atoms with Crippen LogP contribution in [0.15, 0.2) is 23.1 Å². The zero-order chi connectivity index (χ0) is 16.4. The minimum absolute atomic E-state index is 0.0308. The highest BCUT2D eigenvalue weighted by atomic mass is 32.2. The summed E-state index contributed by atoms with van der Waals surface area (Å²) in [6.45, 7) is 2.98. The van der Waals surface area contributed by atoms with Crippen molar-refractivity contribution in [2.24, 2.45) is 5.73 Å². The molecule has 1 amide bonds. The first-order valence-corrected chi connectivity index (χ1v) is 7.55. The molecule has 0 radical (unpaired) electrons. The summed E-state index contributed by atoms with van der Waals surface area (Å²) < 4.78 is 30.0. The molecule has 0 heterocycles. The second kappa shape index (κ2) is 6.23. The van der Waals surface area contributed by atoms with Crippen molar-refractivity contribution < 1.29 is 22.7 Å². The minimum atomic E-state index is -3.66. The summed E-state index contributed by atoms with van der Waals surface area (Å²) in [4.78, 5) is 22.9. The molecule has 1 rings (SSSR count). The van der Waals surface area contributed by atoms with Gasteiger partial charge in [0, 0.05) is 14.1 Å². The van der Waals surface area contributed by atoms with Crippen LogP contribution < -0.4 is 5.73 Å². The summed E-state index contributed by atoms with van der Waals surface area (Å²) >= 11 is 0. The highest BCUT2D eigenvalue weighted by Crippen LogP contribution is 2.19. The quantitative estimate of drug-likeness (QED) is 0.785. The van der Waals surface area contributed by atoms with Gasteiger partial charge in [-0.05, 0) is 31.5 Å². The van der Waals surface area contributed by atoms with Gasteiger partial charge in [-0.25, -0.2) is 17.5 Å². The lowest BCUT2D eigenvalue weighted by Crippen LogP contribution is -2.30. The number of carbonyl (C=O) groups excluding carboxylic acids is 2. The van der Waals surface area contributed by atoms with Crippen LogP contribution in [0.1, 0.15) is 22.8 Å². The van der Waals surface area contributed by atoms with Crippen molar-refractivity contribution in [1.82, 2.24) is 4.31 Å². The van der Waals surface area contributed by atoms with Crippen LogP contribution in [0, 0.1) is 6.92 Å². The van der Waals surface area contributed by atoms with E-state index in [-0.39, 0.29) is 10.5 Å². The van der Waals surface area contributed by atoms with Gasteiger partial charge in [0.15, 0.2) is 6.10 Å². The average molecular weight is 314 g/mol.